The summed E-state index contributed by atoms with van der Waals surface area (Å²) in [4.78, 5) is 0. The maximum atomic E-state index is 5.98. The van der Waals surface area contributed by atoms with Crippen molar-refractivity contribution >= 4 is 0 Å². The van der Waals surface area contributed by atoms with Crippen LogP contribution in [0, 0.1) is 0 Å². The first-order valence-electron chi connectivity index (χ1n) is 8.59. The average Bonchev–Trinajstić information content (AvgIpc) is 2.49. The van der Waals surface area contributed by atoms with E-state index < -0.39 is 0 Å². The number of hydrogen-bond acceptors (Lipinski definition) is 3. The molecular formula is C17H34O3. The van der Waals surface area contributed by atoms with Crippen molar-refractivity contribution in [3.05, 3.63) is 0 Å². The molecule has 0 bridgehead atoms. The maximum absolute atomic E-state index is 5.98. The third-order valence-electron chi connectivity index (χ3n) is 4.14. The first-order valence-corrected chi connectivity index (χ1v) is 8.59. The summed E-state index contributed by atoms with van der Waals surface area (Å²) in [5.74, 6) is 0. The molecule has 1 fully saturated rings. The second-order valence-electron chi connectivity index (χ2n) is 5.96. The summed E-state index contributed by atoms with van der Waals surface area (Å²) in [5, 5.41) is 0. The summed E-state index contributed by atoms with van der Waals surface area (Å²) in [6, 6.07) is 0. The Morgan fingerprint density at radius 2 is 1.30 bits per heavy atom. The molecule has 0 atom stereocenters. The third-order valence-corrected chi connectivity index (χ3v) is 4.14. The van der Waals surface area contributed by atoms with Crippen LogP contribution >= 0.6 is 0 Å². The summed E-state index contributed by atoms with van der Waals surface area (Å²) >= 11 is 0. The van der Waals surface area contributed by atoms with Gasteiger partial charge in [0.05, 0.1) is 12.2 Å². The minimum atomic E-state index is 0.383. The van der Waals surface area contributed by atoms with Crippen LogP contribution in [0.4, 0.5) is 0 Å². The molecule has 1 aliphatic rings. The van der Waals surface area contributed by atoms with Gasteiger partial charge in [0, 0.05) is 13.7 Å². The van der Waals surface area contributed by atoms with Crippen LogP contribution in [0.2, 0.25) is 0 Å². The maximum Gasteiger partial charge on any atom is 0.146 e. The lowest BCUT2D eigenvalue weighted by atomic mass is 9.95. The highest BCUT2D eigenvalue weighted by molar-refractivity contribution is 4.72. The fourth-order valence-corrected chi connectivity index (χ4v) is 2.84. The van der Waals surface area contributed by atoms with Gasteiger partial charge in [-0.2, -0.15) is 0 Å². The molecule has 3 nitrogen and oxygen atoms in total. The largest absolute Gasteiger partial charge is 0.378 e. The van der Waals surface area contributed by atoms with Crippen LogP contribution in [-0.4, -0.2) is 32.7 Å². The first kappa shape index (κ1) is 17.9. The van der Waals surface area contributed by atoms with E-state index in [1.807, 2.05) is 0 Å². The van der Waals surface area contributed by atoms with E-state index >= 15 is 0 Å². The smallest absolute Gasteiger partial charge is 0.146 e. The summed E-state index contributed by atoms with van der Waals surface area (Å²) < 4.78 is 16.5. The number of unbranched alkanes of at least 4 members (excludes halogenated alkanes) is 6. The van der Waals surface area contributed by atoms with E-state index in [1.165, 1.54) is 44.9 Å². The van der Waals surface area contributed by atoms with Crippen LogP contribution in [-0.2, 0) is 14.2 Å². The van der Waals surface area contributed by atoms with Gasteiger partial charge in [-0.25, -0.2) is 0 Å². The number of rotatable bonds is 12. The highest BCUT2D eigenvalue weighted by Gasteiger charge is 2.21. The fourth-order valence-electron chi connectivity index (χ4n) is 2.84. The van der Waals surface area contributed by atoms with Gasteiger partial charge in [-0.1, -0.05) is 45.4 Å². The van der Waals surface area contributed by atoms with Crippen LogP contribution in [0.1, 0.15) is 77.6 Å². The monoisotopic (exact) mass is 286 g/mol. The van der Waals surface area contributed by atoms with E-state index in [4.69, 9.17) is 14.2 Å². The molecule has 0 aromatic carbocycles. The standard InChI is InChI=1S/C17H34O3/c1-3-4-5-6-7-8-9-14-19-16-10-12-17(13-11-16)20-15-18-2/h16-17H,3-15H2,1-2H3. The molecule has 0 amide bonds. The Kier molecular flexibility index (Phi) is 11.3. The van der Waals surface area contributed by atoms with Gasteiger partial charge in [-0.15, -0.1) is 0 Å². The Morgan fingerprint density at radius 3 is 1.90 bits per heavy atom. The van der Waals surface area contributed by atoms with Crippen LogP contribution in [0.5, 0.6) is 0 Å². The van der Waals surface area contributed by atoms with Crippen molar-refractivity contribution in [2.24, 2.45) is 0 Å². The average molecular weight is 286 g/mol. The van der Waals surface area contributed by atoms with Gasteiger partial charge in [0.1, 0.15) is 6.79 Å². The summed E-state index contributed by atoms with van der Waals surface area (Å²) in [5.41, 5.74) is 0. The first-order chi connectivity index (χ1) is 9.86. The molecule has 0 N–H and O–H groups in total. The van der Waals surface area contributed by atoms with Gasteiger partial charge in [0.2, 0.25) is 0 Å². The molecule has 0 saturated heterocycles. The lowest BCUT2D eigenvalue weighted by Gasteiger charge is -2.28. The fraction of sp³-hybridized carbons (Fsp3) is 1.00. The SMILES string of the molecule is CCCCCCCCCOC1CCC(OCOC)CC1. The molecule has 0 radical (unpaired) electrons. The van der Waals surface area contributed by atoms with Crippen LogP contribution in [0.3, 0.4) is 0 Å². The predicted molar refractivity (Wildman–Crippen MR) is 83.0 cm³/mol. The minimum Gasteiger partial charge on any atom is -0.378 e. The molecule has 1 saturated carbocycles. The Balaban J connectivity index is 1.86. The highest BCUT2D eigenvalue weighted by Crippen LogP contribution is 2.23. The second-order valence-corrected chi connectivity index (χ2v) is 5.96. The molecule has 20 heavy (non-hydrogen) atoms. The second kappa shape index (κ2) is 12.6. The van der Waals surface area contributed by atoms with Gasteiger partial charge >= 0.3 is 0 Å². The predicted octanol–water partition coefficient (Wildman–Crippen LogP) is 4.69. The quantitative estimate of drug-likeness (QED) is 0.385. The van der Waals surface area contributed by atoms with Crippen molar-refractivity contribution in [1.29, 1.82) is 0 Å². The van der Waals surface area contributed by atoms with Crippen LogP contribution < -0.4 is 0 Å². The highest BCUT2D eigenvalue weighted by atomic mass is 16.7. The van der Waals surface area contributed by atoms with E-state index in [0.717, 1.165) is 32.3 Å². The molecule has 0 aromatic rings. The Labute approximate surface area is 125 Å². The molecule has 1 rings (SSSR count). The Bertz CT molecular complexity index is 200. The molecule has 0 aliphatic heterocycles. The molecule has 0 aromatic heterocycles. The summed E-state index contributed by atoms with van der Waals surface area (Å²) in [6.07, 6.45) is 14.8. The van der Waals surface area contributed by atoms with Crippen LogP contribution in [0.15, 0.2) is 0 Å². The van der Waals surface area contributed by atoms with Gasteiger partial charge in [-0.3, -0.25) is 0 Å². The molecule has 0 heterocycles. The number of hydrogen-bond donors (Lipinski definition) is 0. The van der Waals surface area contributed by atoms with Crippen molar-refractivity contribution in [2.75, 3.05) is 20.5 Å². The van der Waals surface area contributed by atoms with E-state index in [0.29, 0.717) is 19.0 Å². The lowest BCUT2D eigenvalue weighted by molar-refractivity contribution is -0.0974. The molecule has 1 aliphatic carbocycles. The molecule has 0 spiro atoms. The topological polar surface area (TPSA) is 27.7 Å². The Morgan fingerprint density at radius 1 is 0.750 bits per heavy atom. The number of methoxy groups -OCH3 is 1. The van der Waals surface area contributed by atoms with Gasteiger partial charge in [0.15, 0.2) is 0 Å². The third kappa shape index (κ3) is 8.93. The molecule has 3 heteroatoms. The van der Waals surface area contributed by atoms with Gasteiger partial charge in [0.25, 0.3) is 0 Å². The Hall–Kier alpha value is -0.120. The van der Waals surface area contributed by atoms with Crippen molar-refractivity contribution in [3.63, 3.8) is 0 Å². The van der Waals surface area contributed by atoms with Gasteiger partial charge in [-0.05, 0) is 32.1 Å². The zero-order chi connectivity index (χ0) is 14.5. The van der Waals surface area contributed by atoms with E-state index in [2.05, 4.69) is 6.92 Å². The summed E-state index contributed by atoms with van der Waals surface area (Å²) in [6.45, 7) is 3.64. The van der Waals surface area contributed by atoms with Crippen molar-refractivity contribution in [2.45, 2.75) is 89.8 Å². The summed E-state index contributed by atoms with van der Waals surface area (Å²) in [7, 11) is 1.68. The van der Waals surface area contributed by atoms with E-state index in [9.17, 15) is 0 Å². The van der Waals surface area contributed by atoms with E-state index in [1.54, 1.807) is 7.11 Å². The zero-order valence-corrected chi connectivity index (χ0v) is 13.6. The molecule has 0 unspecified atom stereocenters. The molecule has 120 valence electrons. The number of ether oxygens (including phenoxy) is 3. The zero-order valence-electron chi connectivity index (χ0n) is 13.6. The van der Waals surface area contributed by atoms with E-state index in [-0.39, 0.29) is 0 Å². The minimum absolute atomic E-state index is 0.383. The van der Waals surface area contributed by atoms with Crippen molar-refractivity contribution in [3.8, 4) is 0 Å². The lowest BCUT2D eigenvalue weighted by Crippen LogP contribution is -2.27. The van der Waals surface area contributed by atoms with Crippen molar-refractivity contribution in [1.82, 2.24) is 0 Å². The van der Waals surface area contributed by atoms with Gasteiger partial charge < -0.3 is 14.2 Å². The molecular weight excluding hydrogens is 252 g/mol. The normalized spacial score (nSPS) is 23.1. The van der Waals surface area contributed by atoms with Crippen molar-refractivity contribution < 1.29 is 14.2 Å². The van der Waals surface area contributed by atoms with Crippen LogP contribution in [0.25, 0.3) is 0 Å².